The predicted molar refractivity (Wildman–Crippen MR) is 112 cm³/mol. The van der Waals surface area contributed by atoms with E-state index in [-0.39, 0.29) is 23.4 Å². The standard InChI is InChI=1S/C22H27NO4S/c1-14(2)23(21(24)16-6-4-15(3)5-7-16)20-9-8-17(12-19(20)22(25)26)27-18-10-11-28-13-18/h8-16H,4-7H2,1-3H3,(H,25,26)/t15-,16-. The molecule has 0 unspecified atom stereocenters. The molecule has 1 aliphatic carbocycles. The lowest BCUT2D eigenvalue weighted by atomic mass is 9.82. The van der Waals surface area contributed by atoms with Crippen molar-refractivity contribution in [2.45, 2.75) is 52.5 Å². The predicted octanol–water partition coefficient (Wildman–Crippen LogP) is 5.81. The van der Waals surface area contributed by atoms with Crippen LogP contribution in [0, 0.1) is 11.8 Å². The Hall–Kier alpha value is -2.34. The first kappa shape index (κ1) is 20.4. The molecule has 3 rings (SSSR count). The second-order valence-corrected chi connectivity index (χ2v) is 8.58. The van der Waals surface area contributed by atoms with Crippen molar-refractivity contribution < 1.29 is 19.4 Å². The Bertz CT molecular complexity index is 823. The fraction of sp³-hybridized carbons (Fsp3) is 0.455. The Labute approximate surface area is 169 Å². The Morgan fingerprint density at radius 2 is 1.86 bits per heavy atom. The highest BCUT2D eigenvalue weighted by molar-refractivity contribution is 7.08. The van der Waals surface area contributed by atoms with E-state index < -0.39 is 5.97 Å². The maximum Gasteiger partial charge on any atom is 0.337 e. The highest BCUT2D eigenvalue weighted by Gasteiger charge is 2.32. The number of ether oxygens (including phenoxy) is 1. The van der Waals surface area contributed by atoms with Crippen LogP contribution in [0.15, 0.2) is 35.0 Å². The van der Waals surface area contributed by atoms with E-state index in [1.54, 1.807) is 17.0 Å². The van der Waals surface area contributed by atoms with Crippen molar-refractivity contribution in [2.75, 3.05) is 4.90 Å². The fourth-order valence-electron chi connectivity index (χ4n) is 3.76. The average Bonchev–Trinajstić information content (AvgIpc) is 3.16. The van der Waals surface area contributed by atoms with Crippen molar-refractivity contribution in [3.8, 4) is 11.5 Å². The third kappa shape index (κ3) is 4.55. The summed E-state index contributed by atoms with van der Waals surface area (Å²) in [4.78, 5) is 26.9. The quantitative estimate of drug-likeness (QED) is 0.664. The number of carboxylic acid groups (broad SMARTS) is 1. The minimum absolute atomic E-state index is 0.0240. The monoisotopic (exact) mass is 401 g/mol. The summed E-state index contributed by atoms with van der Waals surface area (Å²) in [5, 5.41) is 13.5. The van der Waals surface area contributed by atoms with Crippen LogP contribution < -0.4 is 9.64 Å². The molecule has 1 aromatic carbocycles. The maximum absolute atomic E-state index is 13.3. The molecular weight excluding hydrogens is 374 g/mol. The van der Waals surface area contributed by atoms with E-state index in [0.29, 0.717) is 23.1 Å². The first-order valence-electron chi connectivity index (χ1n) is 9.77. The number of aromatic carboxylic acids is 1. The molecule has 1 aromatic heterocycles. The number of nitrogens with zero attached hydrogens (tertiary/aromatic N) is 1. The normalized spacial score (nSPS) is 19.4. The van der Waals surface area contributed by atoms with Crippen LogP contribution in [0.25, 0.3) is 0 Å². The van der Waals surface area contributed by atoms with E-state index in [2.05, 4.69) is 6.92 Å². The first-order chi connectivity index (χ1) is 13.4. The van der Waals surface area contributed by atoms with Gasteiger partial charge < -0.3 is 14.7 Å². The zero-order valence-corrected chi connectivity index (χ0v) is 17.4. The van der Waals surface area contributed by atoms with E-state index in [1.807, 2.05) is 30.7 Å². The van der Waals surface area contributed by atoms with Gasteiger partial charge in [-0.2, -0.15) is 0 Å². The van der Waals surface area contributed by atoms with Crippen molar-refractivity contribution in [3.63, 3.8) is 0 Å². The van der Waals surface area contributed by atoms with Gasteiger partial charge >= 0.3 is 5.97 Å². The van der Waals surface area contributed by atoms with Crippen LogP contribution in [-0.2, 0) is 4.79 Å². The van der Waals surface area contributed by atoms with E-state index in [4.69, 9.17) is 4.74 Å². The number of hydrogen-bond donors (Lipinski definition) is 1. The highest BCUT2D eigenvalue weighted by atomic mass is 32.1. The molecule has 2 aromatic rings. The number of anilines is 1. The summed E-state index contributed by atoms with van der Waals surface area (Å²) in [6, 6.07) is 6.61. The third-order valence-corrected chi connectivity index (χ3v) is 5.97. The molecule has 0 radical (unpaired) electrons. The van der Waals surface area contributed by atoms with Gasteiger partial charge in [-0.25, -0.2) is 4.79 Å². The van der Waals surface area contributed by atoms with Gasteiger partial charge in [-0.05, 0) is 75.1 Å². The zero-order valence-electron chi connectivity index (χ0n) is 16.6. The van der Waals surface area contributed by atoms with Crippen molar-refractivity contribution in [1.29, 1.82) is 0 Å². The number of hydrogen-bond acceptors (Lipinski definition) is 4. The molecule has 150 valence electrons. The van der Waals surface area contributed by atoms with Crippen LogP contribution in [-0.4, -0.2) is 23.0 Å². The molecule has 1 amide bonds. The lowest BCUT2D eigenvalue weighted by Gasteiger charge is -2.34. The molecule has 0 bridgehead atoms. The van der Waals surface area contributed by atoms with Gasteiger partial charge in [0.1, 0.15) is 11.5 Å². The Morgan fingerprint density at radius 1 is 1.14 bits per heavy atom. The molecule has 0 atom stereocenters. The van der Waals surface area contributed by atoms with Gasteiger partial charge in [-0.1, -0.05) is 6.92 Å². The Morgan fingerprint density at radius 3 is 2.43 bits per heavy atom. The molecule has 0 spiro atoms. The number of carbonyl (C=O) groups is 2. The molecule has 1 aliphatic rings. The van der Waals surface area contributed by atoms with Gasteiger partial charge in [0.15, 0.2) is 0 Å². The van der Waals surface area contributed by atoms with Crippen LogP contribution in [0.3, 0.4) is 0 Å². The van der Waals surface area contributed by atoms with Gasteiger partial charge in [0, 0.05) is 17.3 Å². The van der Waals surface area contributed by atoms with Crippen molar-refractivity contribution in [3.05, 3.63) is 40.6 Å². The first-order valence-corrected chi connectivity index (χ1v) is 10.7. The smallest absolute Gasteiger partial charge is 0.337 e. The minimum atomic E-state index is -1.07. The van der Waals surface area contributed by atoms with Gasteiger partial charge in [0.05, 0.1) is 11.3 Å². The number of rotatable bonds is 6. The fourth-order valence-corrected chi connectivity index (χ4v) is 4.31. The Kier molecular flexibility index (Phi) is 6.39. The summed E-state index contributed by atoms with van der Waals surface area (Å²) < 4.78 is 5.74. The highest BCUT2D eigenvalue weighted by Crippen LogP contribution is 2.35. The van der Waals surface area contributed by atoms with E-state index in [0.717, 1.165) is 25.7 Å². The second-order valence-electron chi connectivity index (χ2n) is 7.80. The Balaban J connectivity index is 1.91. The molecule has 5 nitrogen and oxygen atoms in total. The molecular formula is C22H27NO4S. The number of benzene rings is 1. The lowest BCUT2D eigenvalue weighted by Crippen LogP contribution is -2.42. The van der Waals surface area contributed by atoms with Gasteiger partial charge in [0.25, 0.3) is 0 Å². The van der Waals surface area contributed by atoms with E-state index in [1.165, 1.54) is 17.4 Å². The number of carbonyl (C=O) groups excluding carboxylic acids is 1. The van der Waals surface area contributed by atoms with Gasteiger partial charge in [-0.3, -0.25) is 4.79 Å². The molecule has 0 aliphatic heterocycles. The van der Waals surface area contributed by atoms with Crippen molar-refractivity contribution in [2.24, 2.45) is 11.8 Å². The van der Waals surface area contributed by atoms with Crippen LogP contribution in [0.5, 0.6) is 11.5 Å². The summed E-state index contributed by atoms with van der Waals surface area (Å²) >= 11 is 1.51. The SMILES string of the molecule is CC(C)N(c1ccc(Oc2ccsc2)cc1C(=O)O)C(=O)[C@H]1CC[C@H](C)CC1. The summed E-state index contributed by atoms with van der Waals surface area (Å²) in [5.74, 6) is 0.684. The number of amides is 1. The van der Waals surface area contributed by atoms with Crippen LogP contribution >= 0.6 is 11.3 Å². The summed E-state index contributed by atoms with van der Waals surface area (Å²) in [6.45, 7) is 6.06. The zero-order chi connectivity index (χ0) is 20.3. The molecule has 1 fully saturated rings. The van der Waals surface area contributed by atoms with Crippen molar-refractivity contribution in [1.82, 2.24) is 0 Å². The summed E-state index contributed by atoms with van der Waals surface area (Å²) in [5.41, 5.74) is 0.516. The van der Waals surface area contributed by atoms with E-state index in [9.17, 15) is 14.7 Å². The number of thiophene rings is 1. The molecule has 1 heterocycles. The van der Waals surface area contributed by atoms with Gasteiger partial charge in [0.2, 0.25) is 5.91 Å². The van der Waals surface area contributed by atoms with Crippen molar-refractivity contribution >= 4 is 28.9 Å². The average molecular weight is 402 g/mol. The van der Waals surface area contributed by atoms with Crippen LogP contribution in [0.2, 0.25) is 0 Å². The largest absolute Gasteiger partial charge is 0.478 e. The molecule has 1 saturated carbocycles. The van der Waals surface area contributed by atoms with E-state index >= 15 is 0 Å². The molecule has 6 heteroatoms. The summed E-state index contributed by atoms with van der Waals surface area (Å²) in [7, 11) is 0. The molecule has 28 heavy (non-hydrogen) atoms. The van der Waals surface area contributed by atoms with Crippen LogP contribution in [0.1, 0.15) is 56.8 Å². The topological polar surface area (TPSA) is 66.8 Å². The molecule has 0 saturated heterocycles. The third-order valence-electron chi connectivity index (χ3n) is 5.31. The maximum atomic E-state index is 13.3. The van der Waals surface area contributed by atoms with Gasteiger partial charge in [-0.15, -0.1) is 11.3 Å². The van der Waals surface area contributed by atoms with Crippen LogP contribution in [0.4, 0.5) is 5.69 Å². The molecule has 1 N–H and O–H groups in total. The lowest BCUT2D eigenvalue weighted by molar-refractivity contribution is -0.123. The second kappa shape index (κ2) is 8.78. The minimum Gasteiger partial charge on any atom is -0.478 e. The summed E-state index contributed by atoms with van der Waals surface area (Å²) in [6.07, 6.45) is 3.82. The number of carboxylic acids is 1.